The molecule has 3 heterocycles. The summed E-state index contributed by atoms with van der Waals surface area (Å²) >= 11 is 1.52. The van der Waals surface area contributed by atoms with Gasteiger partial charge in [-0.05, 0) is 48.8 Å². The van der Waals surface area contributed by atoms with Crippen molar-refractivity contribution >= 4 is 28.9 Å². The van der Waals surface area contributed by atoms with Crippen LogP contribution in [-0.4, -0.2) is 41.4 Å². The van der Waals surface area contributed by atoms with E-state index in [1.165, 1.54) is 24.2 Å². The van der Waals surface area contributed by atoms with Gasteiger partial charge in [-0.25, -0.2) is 0 Å². The van der Waals surface area contributed by atoms with Gasteiger partial charge in [-0.3, -0.25) is 20.1 Å². The summed E-state index contributed by atoms with van der Waals surface area (Å²) in [6.45, 7) is 2.42. The number of guanidine groups is 1. The number of aromatic nitrogens is 1. The number of anilines is 1. The number of carbonyl (C=O) groups excluding carboxylic acids is 1. The molecule has 0 bridgehead atoms. The Morgan fingerprint density at radius 2 is 2.03 bits per heavy atom. The van der Waals surface area contributed by atoms with Crippen molar-refractivity contribution in [2.24, 2.45) is 10.9 Å². The van der Waals surface area contributed by atoms with Crippen molar-refractivity contribution < 1.29 is 4.79 Å². The molecule has 3 rings (SSSR count). The fourth-order valence-electron chi connectivity index (χ4n) is 3.63. The van der Waals surface area contributed by atoms with Crippen LogP contribution in [0.4, 0.5) is 5.69 Å². The quantitative estimate of drug-likeness (QED) is 0.219. The number of unbranched alkanes of at least 4 members (excludes halogenated alkanes) is 2. The van der Waals surface area contributed by atoms with Crippen LogP contribution in [0.5, 0.6) is 0 Å². The largest absolute Gasteiger partial charge is 0.338 e. The number of hydrogen-bond donors (Lipinski definition) is 2. The zero-order valence-electron chi connectivity index (χ0n) is 17.1. The van der Waals surface area contributed by atoms with Crippen LogP contribution in [0.25, 0.3) is 0 Å². The van der Waals surface area contributed by atoms with Crippen LogP contribution >= 0.6 is 11.3 Å². The van der Waals surface area contributed by atoms with E-state index in [9.17, 15) is 4.79 Å². The standard InChI is InChI=1S/C22H28N6OS/c23-17-26-22(27-19-7-12-24-13-8-19)25-11-3-1-2-5-18-9-14-28(15-10-18)21(29)20-6-4-16-30-20/h4,6-8,12-13,16,18H,1-3,5,9-11,14-15H2,(H2,24,25,26,27). The first-order chi connectivity index (χ1) is 14.8. The molecule has 2 N–H and O–H groups in total. The molecule has 1 fully saturated rings. The van der Waals surface area contributed by atoms with E-state index in [1.807, 2.05) is 40.7 Å². The fraction of sp³-hybridized carbons (Fsp3) is 0.455. The molecule has 30 heavy (non-hydrogen) atoms. The summed E-state index contributed by atoms with van der Waals surface area (Å²) in [6.07, 6.45) is 12.0. The summed E-state index contributed by atoms with van der Waals surface area (Å²) < 4.78 is 0. The third-order valence-corrected chi connectivity index (χ3v) is 6.15. The lowest BCUT2D eigenvalue weighted by molar-refractivity contribution is 0.0690. The van der Waals surface area contributed by atoms with E-state index >= 15 is 0 Å². The Morgan fingerprint density at radius 3 is 2.73 bits per heavy atom. The summed E-state index contributed by atoms with van der Waals surface area (Å²) in [4.78, 5) is 23.7. The average molecular weight is 425 g/mol. The summed E-state index contributed by atoms with van der Waals surface area (Å²) in [6, 6.07) is 7.50. The van der Waals surface area contributed by atoms with Crippen LogP contribution in [0, 0.1) is 17.4 Å². The van der Waals surface area contributed by atoms with Gasteiger partial charge >= 0.3 is 0 Å². The Morgan fingerprint density at radius 1 is 1.23 bits per heavy atom. The van der Waals surface area contributed by atoms with Gasteiger partial charge in [0.2, 0.25) is 5.96 Å². The molecule has 0 spiro atoms. The number of thiophene rings is 1. The zero-order valence-corrected chi connectivity index (χ0v) is 17.9. The van der Waals surface area contributed by atoms with Crippen molar-refractivity contribution in [1.82, 2.24) is 15.2 Å². The molecule has 158 valence electrons. The third-order valence-electron chi connectivity index (χ3n) is 5.29. The number of likely N-dealkylation sites (tertiary alicyclic amines) is 1. The molecule has 7 nitrogen and oxygen atoms in total. The maximum absolute atomic E-state index is 12.4. The van der Waals surface area contributed by atoms with Gasteiger partial charge in [0.05, 0.1) is 4.88 Å². The average Bonchev–Trinajstić information content (AvgIpc) is 3.32. The molecule has 0 saturated carbocycles. The van der Waals surface area contributed by atoms with E-state index in [2.05, 4.69) is 20.6 Å². The predicted octanol–water partition coefficient (Wildman–Crippen LogP) is 4.09. The van der Waals surface area contributed by atoms with Crippen molar-refractivity contribution in [3.63, 3.8) is 0 Å². The molecular formula is C22H28N6OS. The Balaban J connectivity index is 1.30. The molecule has 1 aliphatic heterocycles. The maximum Gasteiger partial charge on any atom is 0.263 e. The maximum atomic E-state index is 12.4. The molecule has 0 aromatic carbocycles. The Labute approximate surface area is 181 Å². The molecule has 1 aliphatic rings. The van der Waals surface area contributed by atoms with E-state index < -0.39 is 0 Å². The minimum Gasteiger partial charge on any atom is -0.338 e. The summed E-state index contributed by atoms with van der Waals surface area (Å²) in [7, 11) is 0. The summed E-state index contributed by atoms with van der Waals surface area (Å²) in [5, 5.41) is 16.5. The number of amides is 1. The van der Waals surface area contributed by atoms with Crippen LogP contribution < -0.4 is 10.6 Å². The first kappa shape index (κ1) is 21.8. The van der Waals surface area contributed by atoms with Crippen molar-refractivity contribution in [2.75, 3.05) is 25.0 Å². The monoisotopic (exact) mass is 424 g/mol. The van der Waals surface area contributed by atoms with E-state index in [0.29, 0.717) is 18.4 Å². The molecule has 0 aliphatic carbocycles. The van der Waals surface area contributed by atoms with Crippen LogP contribution in [-0.2, 0) is 0 Å². The molecule has 0 unspecified atom stereocenters. The lowest BCUT2D eigenvalue weighted by Crippen LogP contribution is -2.38. The van der Waals surface area contributed by atoms with Gasteiger partial charge in [0, 0.05) is 37.7 Å². The number of nitriles is 1. The minimum atomic E-state index is 0.184. The highest BCUT2D eigenvalue weighted by molar-refractivity contribution is 7.12. The molecule has 0 atom stereocenters. The van der Waals surface area contributed by atoms with Gasteiger partial charge < -0.3 is 10.2 Å². The molecule has 1 amide bonds. The lowest BCUT2D eigenvalue weighted by Gasteiger charge is -2.31. The van der Waals surface area contributed by atoms with E-state index in [0.717, 1.165) is 49.3 Å². The number of hydrogen-bond acceptors (Lipinski definition) is 5. The van der Waals surface area contributed by atoms with E-state index in [4.69, 9.17) is 5.26 Å². The summed E-state index contributed by atoms with van der Waals surface area (Å²) in [5.74, 6) is 1.36. The van der Waals surface area contributed by atoms with Crippen molar-refractivity contribution in [2.45, 2.75) is 38.5 Å². The third kappa shape index (κ3) is 6.85. The van der Waals surface area contributed by atoms with Gasteiger partial charge in [-0.15, -0.1) is 11.3 Å². The van der Waals surface area contributed by atoms with Crippen LogP contribution in [0.3, 0.4) is 0 Å². The molecule has 1 saturated heterocycles. The minimum absolute atomic E-state index is 0.184. The number of carbonyl (C=O) groups is 1. The van der Waals surface area contributed by atoms with E-state index in [-0.39, 0.29) is 5.91 Å². The Kier molecular flexibility index (Phi) is 8.66. The highest BCUT2D eigenvalue weighted by Gasteiger charge is 2.23. The van der Waals surface area contributed by atoms with Gasteiger partial charge in [-0.2, -0.15) is 5.26 Å². The smallest absolute Gasteiger partial charge is 0.263 e. The van der Waals surface area contributed by atoms with Crippen molar-refractivity contribution in [1.29, 1.82) is 5.26 Å². The van der Waals surface area contributed by atoms with Gasteiger partial charge in [-0.1, -0.05) is 25.3 Å². The molecule has 0 radical (unpaired) electrons. The van der Waals surface area contributed by atoms with Crippen molar-refractivity contribution in [3.8, 4) is 6.19 Å². The number of aliphatic imine (C=N–C) groups is 1. The fourth-order valence-corrected chi connectivity index (χ4v) is 4.32. The number of nitrogens with one attached hydrogen (secondary N) is 2. The predicted molar refractivity (Wildman–Crippen MR) is 120 cm³/mol. The van der Waals surface area contributed by atoms with Gasteiger partial charge in [0.1, 0.15) is 0 Å². The second-order valence-electron chi connectivity index (χ2n) is 7.39. The Bertz CT molecular complexity index is 838. The van der Waals surface area contributed by atoms with Crippen LogP contribution in [0.15, 0.2) is 47.0 Å². The number of piperidine rings is 1. The van der Waals surface area contributed by atoms with E-state index in [1.54, 1.807) is 12.4 Å². The highest BCUT2D eigenvalue weighted by Crippen LogP contribution is 2.24. The second kappa shape index (κ2) is 11.9. The molecule has 2 aromatic heterocycles. The molecule has 2 aromatic rings. The summed E-state index contributed by atoms with van der Waals surface area (Å²) in [5.41, 5.74) is 0.843. The first-order valence-electron chi connectivity index (χ1n) is 10.5. The Hall–Kier alpha value is -2.92. The lowest BCUT2D eigenvalue weighted by atomic mass is 9.91. The van der Waals surface area contributed by atoms with Crippen LogP contribution in [0.2, 0.25) is 0 Å². The normalized spacial score (nSPS) is 14.9. The topological polar surface area (TPSA) is 93.4 Å². The van der Waals surface area contributed by atoms with Gasteiger partial charge in [0.25, 0.3) is 5.91 Å². The highest BCUT2D eigenvalue weighted by atomic mass is 32.1. The second-order valence-corrected chi connectivity index (χ2v) is 8.34. The van der Waals surface area contributed by atoms with Crippen LogP contribution in [0.1, 0.15) is 48.2 Å². The SMILES string of the molecule is N#CNC(=NCCCCCC1CCN(C(=O)c2cccs2)CC1)Nc1ccncc1. The molecular weight excluding hydrogens is 396 g/mol. The number of nitrogens with zero attached hydrogens (tertiary/aromatic N) is 4. The van der Waals surface area contributed by atoms with Gasteiger partial charge in [0.15, 0.2) is 6.19 Å². The number of pyridine rings is 1. The molecule has 8 heteroatoms. The first-order valence-corrected chi connectivity index (χ1v) is 11.3. The van der Waals surface area contributed by atoms with Crippen molar-refractivity contribution in [3.05, 3.63) is 46.9 Å². The number of rotatable bonds is 8. The zero-order chi connectivity index (χ0) is 21.0.